The fraction of sp³-hybridized carbons (Fsp3) is 0.667. The third-order valence-corrected chi connectivity index (χ3v) is 5.12. The number of carbonyl (C=O) groups is 2. The highest BCUT2D eigenvalue weighted by molar-refractivity contribution is 5.80. The van der Waals surface area contributed by atoms with E-state index in [4.69, 9.17) is 5.73 Å². The maximum Gasteiger partial charge on any atom is 0.231 e. The van der Waals surface area contributed by atoms with E-state index in [1.54, 1.807) is 0 Å². The molecule has 1 unspecified atom stereocenters. The lowest BCUT2D eigenvalue weighted by Crippen LogP contribution is -2.48. The van der Waals surface area contributed by atoms with Crippen molar-refractivity contribution in [3.63, 3.8) is 0 Å². The normalized spacial score (nSPS) is 20.6. The number of anilines is 1. The molecule has 0 radical (unpaired) electrons. The first-order valence-corrected chi connectivity index (χ1v) is 9.18. The number of carbonyl (C=O) groups excluding carboxylic acids is 2. The van der Waals surface area contributed by atoms with Crippen LogP contribution in [0.2, 0.25) is 0 Å². The maximum absolute atomic E-state index is 13.0. The lowest BCUT2D eigenvalue weighted by atomic mass is 9.95. The topological polar surface area (TPSA) is 95.7 Å². The minimum absolute atomic E-state index is 0.0686. The minimum Gasteiger partial charge on any atom is -0.369 e. The van der Waals surface area contributed by atoms with Crippen molar-refractivity contribution in [2.45, 2.75) is 32.7 Å². The standard InChI is InChI=1S/C18H28N6O2/c1-12-20-15-10-24(8-6-14(15)17(21-12)22(2)3)18(26)13-5-4-7-23(9-13)11-16(19)25/h13H,4-11H2,1-3H3,(H2,19,25). The van der Waals surface area contributed by atoms with Gasteiger partial charge in [-0.2, -0.15) is 0 Å². The molecule has 1 atom stereocenters. The summed E-state index contributed by atoms with van der Waals surface area (Å²) in [6.07, 6.45) is 2.55. The van der Waals surface area contributed by atoms with Crippen LogP contribution in [-0.4, -0.2) is 71.9 Å². The van der Waals surface area contributed by atoms with Crippen molar-refractivity contribution in [2.75, 3.05) is 45.2 Å². The summed E-state index contributed by atoms with van der Waals surface area (Å²) < 4.78 is 0. The molecule has 2 aliphatic rings. The van der Waals surface area contributed by atoms with Crippen LogP contribution in [-0.2, 0) is 22.6 Å². The summed E-state index contributed by atoms with van der Waals surface area (Å²) in [6.45, 7) is 4.77. The molecule has 8 heteroatoms. The third kappa shape index (κ3) is 3.95. The van der Waals surface area contributed by atoms with E-state index in [0.717, 1.165) is 48.7 Å². The van der Waals surface area contributed by atoms with E-state index in [-0.39, 0.29) is 24.3 Å². The summed E-state index contributed by atoms with van der Waals surface area (Å²) in [4.78, 5) is 39.2. The van der Waals surface area contributed by atoms with Crippen molar-refractivity contribution in [3.8, 4) is 0 Å². The van der Waals surface area contributed by atoms with Gasteiger partial charge in [0.05, 0.1) is 24.7 Å². The molecule has 1 saturated heterocycles. The minimum atomic E-state index is -0.339. The lowest BCUT2D eigenvalue weighted by molar-refractivity contribution is -0.139. The second kappa shape index (κ2) is 7.57. The van der Waals surface area contributed by atoms with Crippen molar-refractivity contribution < 1.29 is 9.59 Å². The van der Waals surface area contributed by atoms with Gasteiger partial charge in [0.25, 0.3) is 0 Å². The number of aromatic nitrogens is 2. The molecule has 0 spiro atoms. The Hall–Kier alpha value is -2.22. The molecule has 0 aliphatic carbocycles. The van der Waals surface area contributed by atoms with Gasteiger partial charge in [-0.15, -0.1) is 0 Å². The Morgan fingerprint density at radius 3 is 2.73 bits per heavy atom. The highest BCUT2D eigenvalue weighted by atomic mass is 16.2. The summed E-state index contributed by atoms with van der Waals surface area (Å²) in [5.41, 5.74) is 7.39. The van der Waals surface area contributed by atoms with Gasteiger partial charge in [0.2, 0.25) is 11.8 Å². The number of piperidine rings is 1. The Balaban J connectivity index is 1.72. The van der Waals surface area contributed by atoms with Crippen molar-refractivity contribution in [1.29, 1.82) is 0 Å². The molecule has 3 rings (SSSR count). The Morgan fingerprint density at radius 2 is 2.04 bits per heavy atom. The van der Waals surface area contributed by atoms with Crippen LogP contribution in [0.5, 0.6) is 0 Å². The lowest BCUT2D eigenvalue weighted by Gasteiger charge is -2.36. The Labute approximate surface area is 154 Å². The fourth-order valence-corrected chi connectivity index (χ4v) is 3.97. The van der Waals surface area contributed by atoms with Crippen LogP contribution in [0.25, 0.3) is 0 Å². The van der Waals surface area contributed by atoms with Crippen LogP contribution in [0.15, 0.2) is 0 Å². The SMILES string of the molecule is Cc1nc2c(c(N(C)C)n1)CCN(C(=O)C1CCCN(CC(N)=O)C1)C2. The molecular weight excluding hydrogens is 332 g/mol. The number of rotatable bonds is 4. The number of fused-ring (bicyclic) bond motifs is 1. The van der Waals surface area contributed by atoms with Crippen molar-refractivity contribution >= 4 is 17.6 Å². The van der Waals surface area contributed by atoms with Crippen LogP contribution in [0.1, 0.15) is 29.9 Å². The molecule has 0 saturated carbocycles. The highest BCUT2D eigenvalue weighted by Gasteiger charge is 2.32. The Morgan fingerprint density at radius 1 is 1.27 bits per heavy atom. The van der Waals surface area contributed by atoms with Crippen LogP contribution in [0.4, 0.5) is 5.82 Å². The summed E-state index contributed by atoms with van der Waals surface area (Å²) in [5.74, 6) is 1.43. The smallest absolute Gasteiger partial charge is 0.231 e. The van der Waals surface area contributed by atoms with Gasteiger partial charge in [-0.3, -0.25) is 14.5 Å². The van der Waals surface area contributed by atoms with Gasteiger partial charge in [0.15, 0.2) is 0 Å². The number of hydrogen-bond acceptors (Lipinski definition) is 6. The van der Waals surface area contributed by atoms with E-state index >= 15 is 0 Å². The molecule has 1 fully saturated rings. The van der Waals surface area contributed by atoms with Gasteiger partial charge < -0.3 is 15.5 Å². The molecule has 3 heterocycles. The van der Waals surface area contributed by atoms with Gasteiger partial charge in [0, 0.05) is 32.7 Å². The number of primary amides is 1. The quantitative estimate of drug-likeness (QED) is 0.808. The number of aryl methyl sites for hydroxylation is 1. The Bertz CT molecular complexity index is 705. The molecule has 0 bridgehead atoms. The second-order valence-electron chi connectivity index (χ2n) is 7.46. The van der Waals surface area contributed by atoms with E-state index in [1.807, 2.05) is 35.7 Å². The van der Waals surface area contributed by atoms with E-state index in [9.17, 15) is 9.59 Å². The van der Waals surface area contributed by atoms with Gasteiger partial charge >= 0.3 is 0 Å². The fourth-order valence-electron chi connectivity index (χ4n) is 3.97. The largest absolute Gasteiger partial charge is 0.369 e. The van der Waals surface area contributed by atoms with Crippen LogP contribution < -0.4 is 10.6 Å². The predicted molar refractivity (Wildman–Crippen MR) is 98.6 cm³/mol. The van der Waals surface area contributed by atoms with Gasteiger partial charge in [-0.1, -0.05) is 0 Å². The van der Waals surface area contributed by atoms with Crippen LogP contribution >= 0.6 is 0 Å². The average molecular weight is 360 g/mol. The molecule has 8 nitrogen and oxygen atoms in total. The molecule has 26 heavy (non-hydrogen) atoms. The number of nitrogens with two attached hydrogens (primary N) is 1. The summed E-state index contributed by atoms with van der Waals surface area (Å²) in [5, 5.41) is 0. The van der Waals surface area contributed by atoms with E-state index < -0.39 is 0 Å². The zero-order chi connectivity index (χ0) is 18.8. The zero-order valence-corrected chi connectivity index (χ0v) is 15.9. The van der Waals surface area contributed by atoms with Crippen LogP contribution in [0.3, 0.4) is 0 Å². The van der Waals surface area contributed by atoms with E-state index in [2.05, 4.69) is 9.97 Å². The molecular formula is C18H28N6O2. The number of nitrogens with zero attached hydrogens (tertiary/aromatic N) is 5. The average Bonchev–Trinajstić information content (AvgIpc) is 2.59. The summed E-state index contributed by atoms with van der Waals surface area (Å²) in [7, 11) is 3.96. The number of likely N-dealkylation sites (tertiary alicyclic amines) is 1. The van der Waals surface area contributed by atoms with Gasteiger partial charge in [-0.05, 0) is 32.7 Å². The van der Waals surface area contributed by atoms with Crippen LogP contribution in [0, 0.1) is 12.8 Å². The van der Waals surface area contributed by atoms with Gasteiger partial charge in [-0.25, -0.2) is 9.97 Å². The van der Waals surface area contributed by atoms with Gasteiger partial charge in [0.1, 0.15) is 11.6 Å². The summed E-state index contributed by atoms with van der Waals surface area (Å²) in [6, 6.07) is 0. The zero-order valence-electron chi connectivity index (χ0n) is 15.9. The van der Waals surface area contributed by atoms with Crippen molar-refractivity contribution in [2.24, 2.45) is 11.7 Å². The van der Waals surface area contributed by atoms with E-state index in [0.29, 0.717) is 19.6 Å². The number of amides is 2. The van der Waals surface area contributed by atoms with E-state index in [1.165, 1.54) is 0 Å². The first-order valence-electron chi connectivity index (χ1n) is 9.18. The first-order chi connectivity index (χ1) is 12.3. The highest BCUT2D eigenvalue weighted by Crippen LogP contribution is 2.27. The van der Waals surface area contributed by atoms with Crippen molar-refractivity contribution in [1.82, 2.24) is 19.8 Å². The second-order valence-corrected chi connectivity index (χ2v) is 7.46. The molecule has 2 aliphatic heterocycles. The molecule has 2 amide bonds. The number of hydrogen-bond donors (Lipinski definition) is 1. The van der Waals surface area contributed by atoms with Crippen molar-refractivity contribution in [3.05, 3.63) is 17.1 Å². The third-order valence-electron chi connectivity index (χ3n) is 5.12. The Kier molecular flexibility index (Phi) is 5.41. The maximum atomic E-state index is 13.0. The molecule has 2 N–H and O–H groups in total. The predicted octanol–water partition coefficient (Wildman–Crippen LogP) is -0.0670. The molecule has 142 valence electrons. The molecule has 1 aromatic heterocycles. The molecule has 0 aromatic carbocycles. The molecule has 1 aromatic rings. The summed E-state index contributed by atoms with van der Waals surface area (Å²) >= 11 is 0. The monoisotopic (exact) mass is 360 g/mol. The first kappa shape index (κ1) is 18.6.